The number of rotatable bonds is 3. The lowest BCUT2D eigenvalue weighted by Crippen LogP contribution is -2.54. The van der Waals surface area contributed by atoms with E-state index in [1.165, 1.54) is 39.0 Å². The van der Waals surface area contributed by atoms with Crippen molar-refractivity contribution in [1.82, 2.24) is 0 Å². The summed E-state index contributed by atoms with van der Waals surface area (Å²) in [6, 6.07) is 5.76. The minimum absolute atomic E-state index is 0.122. The summed E-state index contributed by atoms with van der Waals surface area (Å²) in [4.78, 5) is 36.3. The summed E-state index contributed by atoms with van der Waals surface area (Å²) in [6.07, 6.45) is -0.285. The van der Waals surface area contributed by atoms with Crippen LogP contribution in [-0.4, -0.2) is 28.1 Å². The normalized spacial score (nSPS) is 31.9. The second-order valence-corrected chi connectivity index (χ2v) is 6.22. The van der Waals surface area contributed by atoms with Crippen molar-refractivity contribution in [2.75, 3.05) is 0 Å². The highest BCUT2D eigenvalue weighted by molar-refractivity contribution is 6.05. The number of Topliss-reactive ketones (excluding diaryl/α,β-unsaturated/α-hetero) is 3. The monoisotopic (exact) mass is 306 g/mol. The maximum atomic E-state index is 14.2. The molecule has 118 valence electrons. The second-order valence-electron chi connectivity index (χ2n) is 6.22. The molecule has 1 aliphatic rings. The molecule has 0 unspecified atom stereocenters. The highest BCUT2D eigenvalue weighted by atomic mass is 19.1. The van der Waals surface area contributed by atoms with Gasteiger partial charge in [-0.05, 0) is 32.4 Å². The smallest absolute Gasteiger partial charge is 0.146 e. The van der Waals surface area contributed by atoms with Gasteiger partial charge in [0.05, 0.1) is 17.4 Å². The van der Waals surface area contributed by atoms with Crippen LogP contribution in [0.4, 0.5) is 4.39 Å². The van der Waals surface area contributed by atoms with E-state index in [1.54, 1.807) is 6.07 Å². The fraction of sp³-hybridized carbons (Fsp3) is 0.471. The van der Waals surface area contributed by atoms with Crippen LogP contribution in [0.2, 0.25) is 0 Å². The Hall–Kier alpha value is -1.88. The maximum Gasteiger partial charge on any atom is 0.146 e. The van der Waals surface area contributed by atoms with Crippen LogP contribution in [0.5, 0.6) is 0 Å². The minimum Gasteiger partial charge on any atom is -0.389 e. The van der Waals surface area contributed by atoms with Gasteiger partial charge in [-0.3, -0.25) is 14.4 Å². The molecule has 0 radical (unpaired) electrons. The number of aliphatic hydroxyl groups is 1. The molecular formula is C17H19FO4. The van der Waals surface area contributed by atoms with Crippen LogP contribution >= 0.6 is 0 Å². The molecular weight excluding hydrogens is 287 g/mol. The van der Waals surface area contributed by atoms with Crippen molar-refractivity contribution < 1.29 is 23.9 Å². The summed E-state index contributed by atoms with van der Waals surface area (Å²) < 4.78 is 14.2. The van der Waals surface area contributed by atoms with Crippen LogP contribution in [0, 0.1) is 17.7 Å². The molecule has 0 aromatic heterocycles. The van der Waals surface area contributed by atoms with Crippen molar-refractivity contribution in [2.24, 2.45) is 11.8 Å². The third-order valence-corrected chi connectivity index (χ3v) is 4.41. The molecule has 0 spiro atoms. The summed E-state index contributed by atoms with van der Waals surface area (Å²) in [7, 11) is 0. The third kappa shape index (κ3) is 2.73. The summed E-state index contributed by atoms with van der Waals surface area (Å²) in [6.45, 7) is 3.94. The van der Waals surface area contributed by atoms with E-state index in [0.29, 0.717) is 0 Å². The first kappa shape index (κ1) is 16.5. The molecule has 2 rings (SSSR count). The van der Waals surface area contributed by atoms with Crippen LogP contribution in [0.15, 0.2) is 24.3 Å². The number of carbonyl (C=O) groups is 3. The fourth-order valence-corrected chi connectivity index (χ4v) is 3.63. The zero-order valence-electron chi connectivity index (χ0n) is 12.8. The van der Waals surface area contributed by atoms with E-state index in [1.807, 2.05) is 0 Å². The number of halogens is 1. The van der Waals surface area contributed by atoms with Gasteiger partial charge in [0.15, 0.2) is 0 Å². The molecule has 4 atom stereocenters. The lowest BCUT2D eigenvalue weighted by molar-refractivity contribution is -0.151. The Bertz CT molecular complexity index is 635. The molecule has 22 heavy (non-hydrogen) atoms. The quantitative estimate of drug-likeness (QED) is 0.868. The van der Waals surface area contributed by atoms with Crippen molar-refractivity contribution in [2.45, 2.75) is 38.7 Å². The number of ketones is 3. The maximum absolute atomic E-state index is 14.2. The Kier molecular flexibility index (Phi) is 4.29. The predicted octanol–water partition coefficient (Wildman–Crippen LogP) is 2.04. The number of benzene rings is 1. The first-order chi connectivity index (χ1) is 10.2. The van der Waals surface area contributed by atoms with Gasteiger partial charge in [0, 0.05) is 12.3 Å². The summed E-state index contributed by atoms with van der Waals surface area (Å²) in [5.41, 5.74) is -1.47. The van der Waals surface area contributed by atoms with E-state index in [2.05, 4.69) is 0 Å². The molecule has 0 saturated heterocycles. The van der Waals surface area contributed by atoms with Crippen LogP contribution in [0.1, 0.15) is 38.7 Å². The standard InChI is InChI=1S/C17H19FO4/c1-9(19)14-13(21)8-17(3,22)16(10(2)20)15(14)11-6-4-5-7-12(11)18/h4-7,14-16,22H,8H2,1-3H3/t14-,15-,16-,17+/m1/s1. The Balaban J connectivity index is 2.68. The molecule has 1 N–H and O–H groups in total. The van der Waals surface area contributed by atoms with Gasteiger partial charge in [0.1, 0.15) is 23.2 Å². The van der Waals surface area contributed by atoms with Gasteiger partial charge in [0.2, 0.25) is 0 Å². The average molecular weight is 306 g/mol. The van der Waals surface area contributed by atoms with E-state index in [4.69, 9.17) is 0 Å². The molecule has 4 nitrogen and oxygen atoms in total. The zero-order valence-corrected chi connectivity index (χ0v) is 12.8. The predicted molar refractivity (Wildman–Crippen MR) is 77.7 cm³/mol. The van der Waals surface area contributed by atoms with E-state index in [-0.39, 0.29) is 17.8 Å². The third-order valence-electron chi connectivity index (χ3n) is 4.41. The molecule has 0 heterocycles. The highest BCUT2D eigenvalue weighted by Crippen LogP contribution is 2.46. The van der Waals surface area contributed by atoms with E-state index >= 15 is 0 Å². The van der Waals surface area contributed by atoms with Crippen molar-refractivity contribution in [3.8, 4) is 0 Å². The SMILES string of the molecule is CC(=O)[C@@H]1C(=O)C[C@](C)(O)[C@H](C(C)=O)[C@@H]1c1ccccc1F. The van der Waals surface area contributed by atoms with Crippen molar-refractivity contribution in [3.63, 3.8) is 0 Å². The Morgan fingerprint density at radius 3 is 2.32 bits per heavy atom. The number of hydrogen-bond acceptors (Lipinski definition) is 4. The molecule has 1 aromatic rings. The minimum atomic E-state index is -1.60. The van der Waals surface area contributed by atoms with Crippen molar-refractivity contribution in [3.05, 3.63) is 35.6 Å². The van der Waals surface area contributed by atoms with Gasteiger partial charge in [-0.2, -0.15) is 0 Å². The van der Waals surface area contributed by atoms with Gasteiger partial charge in [-0.1, -0.05) is 18.2 Å². The fourth-order valence-electron chi connectivity index (χ4n) is 3.63. The van der Waals surface area contributed by atoms with Crippen LogP contribution < -0.4 is 0 Å². The first-order valence-corrected chi connectivity index (χ1v) is 7.17. The Morgan fingerprint density at radius 1 is 1.23 bits per heavy atom. The van der Waals surface area contributed by atoms with Gasteiger partial charge < -0.3 is 5.11 Å². The lowest BCUT2D eigenvalue weighted by Gasteiger charge is -2.44. The Labute approximate surface area is 128 Å². The van der Waals surface area contributed by atoms with E-state index in [9.17, 15) is 23.9 Å². The van der Waals surface area contributed by atoms with Crippen LogP contribution in [0.25, 0.3) is 0 Å². The summed E-state index contributed by atoms with van der Waals surface area (Å²) in [5.74, 6) is -4.91. The molecule has 5 heteroatoms. The molecule has 0 amide bonds. The van der Waals surface area contributed by atoms with E-state index in [0.717, 1.165) is 0 Å². The number of carbonyl (C=O) groups excluding carboxylic acids is 3. The van der Waals surface area contributed by atoms with Gasteiger partial charge in [0.25, 0.3) is 0 Å². The van der Waals surface area contributed by atoms with Gasteiger partial charge in [-0.15, -0.1) is 0 Å². The summed E-state index contributed by atoms with van der Waals surface area (Å²) >= 11 is 0. The zero-order chi connectivity index (χ0) is 16.7. The van der Waals surface area contributed by atoms with Gasteiger partial charge in [-0.25, -0.2) is 4.39 Å². The molecule has 1 fully saturated rings. The first-order valence-electron chi connectivity index (χ1n) is 7.17. The van der Waals surface area contributed by atoms with Gasteiger partial charge >= 0.3 is 0 Å². The Morgan fingerprint density at radius 2 is 1.82 bits per heavy atom. The average Bonchev–Trinajstić information content (AvgIpc) is 2.35. The van der Waals surface area contributed by atoms with Crippen molar-refractivity contribution in [1.29, 1.82) is 0 Å². The molecule has 0 bridgehead atoms. The van der Waals surface area contributed by atoms with Crippen LogP contribution in [0.3, 0.4) is 0 Å². The molecule has 1 aliphatic carbocycles. The number of hydrogen-bond donors (Lipinski definition) is 1. The van der Waals surface area contributed by atoms with Crippen LogP contribution in [-0.2, 0) is 14.4 Å². The second kappa shape index (κ2) is 5.72. The summed E-state index contributed by atoms with van der Waals surface area (Å²) in [5, 5.41) is 10.5. The topological polar surface area (TPSA) is 71.4 Å². The largest absolute Gasteiger partial charge is 0.389 e. The molecule has 1 aromatic carbocycles. The van der Waals surface area contributed by atoms with Crippen molar-refractivity contribution >= 4 is 17.3 Å². The molecule has 1 saturated carbocycles. The molecule has 0 aliphatic heterocycles. The van der Waals surface area contributed by atoms with E-state index < -0.39 is 40.7 Å². The lowest BCUT2D eigenvalue weighted by atomic mass is 9.60. The highest BCUT2D eigenvalue weighted by Gasteiger charge is 2.54.